The Bertz CT molecular complexity index is 1770. The Kier molecular flexibility index (Phi) is 24.8. The molecule has 0 aliphatic carbocycles. The topological polar surface area (TPSA) is 109 Å². The van der Waals surface area contributed by atoms with E-state index in [1.54, 1.807) is 64.2 Å². The lowest BCUT2D eigenvalue weighted by Crippen LogP contribution is -3.00. The van der Waals surface area contributed by atoms with Crippen LogP contribution in [0.2, 0.25) is 0 Å². The van der Waals surface area contributed by atoms with Gasteiger partial charge in [-0.3, -0.25) is 9.59 Å². The number of amides is 1. The molecule has 0 aliphatic rings. The van der Waals surface area contributed by atoms with E-state index in [0.29, 0.717) is 66.1 Å². The van der Waals surface area contributed by atoms with Gasteiger partial charge >= 0.3 is 0 Å². The molecule has 4 rings (SSSR count). The van der Waals surface area contributed by atoms with Gasteiger partial charge in [0.2, 0.25) is 5.91 Å². The second kappa shape index (κ2) is 28.8. The first kappa shape index (κ1) is 51.6. The van der Waals surface area contributed by atoms with Crippen LogP contribution in [0.1, 0.15) is 60.8 Å². The second-order valence-corrected chi connectivity index (χ2v) is 15.8. The fourth-order valence-corrected chi connectivity index (χ4v) is 7.98. The third-order valence-electron chi connectivity index (χ3n) is 9.19. The maximum Gasteiger partial charge on any atom is 0.220 e. The minimum atomic E-state index is 0. The smallest absolute Gasteiger partial charge is 0.220 e. The number of hydrogen-bond acceptors (Lipinski definition) is 10. The summed E-state index contributed by atoms with van der Waals surface area (Å²) in [4.78, 5) is 24.8. The molecule has 2 heterocycles. The predicted octanol–water partition coefficient (Wildman–Crippen LogP) is 1.77. The highest BCUT2D eigenvalue weighted by Gasteiger charge is 2.13. The highest BCUT2D eigenvalue weighted by molar-refractivity contribution is 8.76. The third kappa shape index (κ3) is 17.2. The number of nitrogens with one attached hydrogen (secondary N) is 1. The van der Waals surface area contributed by atoms with Crippen molar-refractivity contribution in [1.29, 1.82) is 0 Å². The lowest BCUT2D eigenvalue weighted by atomic mass is 10.1. The number of aromatic nitrogens is 2. The Morgan fingerprint density at radius 1 is 0.550 bits per heavy atom. The number of hydrogen-bond donors (Lipinski definition) is 1. The SMILES string of the molecule is COc1cc(OC)c(/C=C/c2cc[n+](CCCC(=O)CCCSSCCNC(=O)CCC[n+]3ccc(/C=C/c4c(OC)cc(OC)cc4OC)cc3)cc2)c(OC)c1.[Cl-].[Cl-]. The molecule has 0 unspecified atom stereocenters. The summed E-state index contributed by atoms with van der Waals surface area (Å²) in [5, 5.41) is 3.02. The van der Waals surface area contributed by atoms with Crippen molar-refractivity contribution in [3.8, 4) is 34.5 Å². The molecule has 0 fully saturated rings. The number of carbonyl (C=O) groups is 2. The van der Waals surface area contributed by atoms with Gasteiger partial charge in [0.15, 0.2) is 24.8 Å². The van der Waals surface area contributed by atoms with Crippen LogP contribution in [0.15, 0.2) is 73.3 Å². The summed E-state index contributed by atoms with van der Waals surface area (Å²) < 4.78 is 37.0. The number of pyridine rings is 2. The maximum absolute atomic E-state index is 12.5. The van der Waals surface area contributed by atoms with E-state index < -0.39 is 0 Å². The summed E-state index contributed by atoms with van der Waals surface area (Å²) in [5.41, 5.74) is 3.74. The number of aryl methyl sites for hydroxylation is 2. The molecule has 0 bridgehead atoms. The first-order chi connectivity index (χ1) is 28.3. The van der Waals surface area contributed by atoms with E-state index in [0.717, 1.165) is 66.1 Å². The molecular formula is C45H57Cl2N3O8S2. The van der Waals surface area contributed by atoms with Crippen LogP contribution in [0.4, 0.5) is 0 Å². The molecule has 0 radical (unpaired) electrons. The highest BCUT2D eigenvalue weighted by atomic mass is 35.5. The Morgan fingerprint density at radius 3 is 1.37 bits per heavy atom. The van der Waals surface area contributed by atoms with Crippen LogP contribution in [0.25, 0.3) is 24.3 Å². The monoisotopic (exact) mass is 901 g/mol. The van der Waals surface area contributed by atoms with E-state index in [4.69, 9.17) is 28.4 Å². The highest BCUT2D eigenvalue weighted by Crippen LogP contribution is 2.36. The van der Waals surface area contributed by atoms with Crippen molar-refractivity contribution < 1.29 is 72.0 Å². The van der Waals surface area contributed by atoms with Gasteiger partial charge in [-0.2, -0.15) is 0 Å². The van der Waals surface area contributed by atoms with Crippen molar-refractivity contribution in [3.05, 3.63) is 95.6 Å². The molecule has 0 atom stereocenters. The lowest BCUT2D eigenvalue weighted by molar-refractivity contribution is -0.697. The molecule has 0 saturated heterocycles. The maximum atomic E-state index is 12.5. The number of benzene rings is 2. The number of ether oxygens (including phenoxy) is 6. The minimum absolute atomic E-state index is 0. The normalized spacial score (nSPS) is 10.8. The molecule has 0 spiro atoms. The number of methoxy groups -OCH3 is 6. The lowest BCUT2D eigenvalue weighted by Gasteiger charge is -2.12. The summed E-state index contributed by atoms with van der Waals surface area (Å²) in [7, 11) is 13.2. The fraction of sp³-hybridized carbons (Fsp3) is 0.378. The molecule has 4 aromatic rings. The van der Waals surface area contributed by atoms with Crippen molar-refractivity contribution in [2.45, 2.75) is 51.6 Å². The van der Waals surface area contributed by atoms with E-state index in [9.17, 15) is 9.59 Å². The summed E-state index contributed by atoms with van der Waals surface area (Å²) >= 11 is 0. The molecule has 2 aromatic carbocycles. The predicted molar refractivity (Wildman–Crippen MR) is 234 cm³/mol. The van der Waals surface area contributed by atoms with Crippen LogP contribution in [-0.4, -0.2) is 72.4 Å². The van der Waals surface area contributed by atoms with Gasteiger partial charge in [-0.1, -0.05) is 33.7 Å². The molecule has 60 heavy (non-hydrogen) atoms. The zero-order chi connectivity index (χ0) is 41.5. The Balaban J connectivity index is 0.00000620. The summed E-state index contributed by atoms with van der Waals surface area (Å²) in [6.45, 7) is 2.18. The molecule has 0 saturated carbocycles. The van der Waals surface area contributed by atoms with E-state index in [-0.39, 0.29) is 30.7 Å². The third-order valence-corrected chi connectivity index (χ3v) is 11.7. The average molecular weight is 903 g/mol. The first-order valence-electron chi connectivity index (χ1n) is 19.3. The van der Waals surface area contributed by atoms with E-state index >= 15 is 0 Å². The van der Waals surface area contributed by atoms with Gasteiger partial charge < -0.3 is 58.6 Å². The van der Waals surface area contributed by atoms with Gasteiger partial charge in [0.1, 0.15) is 53.4 Å². The number of nitrogens with zero attached hydrogens (tertiary/aromatic N) is 2. The van der Waals surface area contributed by atoms with Gasteiger partial charge in [0, 0.05) is 98.7 Å². The van der Waals surface area contributed by atoms with Gasteiger partial charge in [0.25, 0.3) is 0 Å². The van der Waals surface area contributed by atoms with Gasteiger partial charge in [-0.15, -0.1) is 0 Å². The molecule has 326 valence electrons. The standard InChI is InChI=1S/C45H56N3O8S2.2ClH/c1-51-37-30-41(53-3)39(42(31-37)54-4)15-13-34-17-24-47(25-18-34)22-7-10-36(49)11-9-28-57-58-29-21-46-45(50)12-8-23-48-26-19-35(20-27-48)14-16-40-43(55-5)32-38(52-2)33-44(40)56-6;;/h13-20,24-27,30-33H,7-12,21-23,28-29H2,1-6H3;2*1H/q+1;;/p-1/b15-13+,16-14+;;. The van der Waals surface area contributed by atoms with E-state index in [1.807, 2.05) is 97.6 Å². The molecule has 15 heteroatoms. The zero-order valence-corrected chi connectivity index (χ0v) is 38.4. The molecule has 11 nitrogen and oxygen atoms in total. The Morgan fingerprint density at radius 2 is 0.950 bits per heavy atom. The summed E-state index contributed by atoms with van der Waals surface area (Å²) in [5.74, 6) is 6.12. The van der Waals surface area contributed by atoms with Crippen LogP contribution in [0, 0.1) is 0 Å². The van der Waals surface area contributed by atoms with Crippen molar-refractivity contribution in [2.75, 3.05) is 60.7 Å². The van der Waals surface area contributed by atoms with Crippen molar-refractivity contribution in [2.24, 2.45) is 0 Å². The molecule has 1 amide bonds. The zero-order valence-electron chi connectivity index (χ0n) is 35.2. The molecule has 0 aliphatic heterocycles. The molecule has 2 aromatic heterocycles. The second-order valence-electron chi connectivity index (χ2n) is 13.1. The van der Waals surface area contributed by atoms with Crippen LogP contribution in [0.5, 0.6) is 34.5 Å². The minimum Gasteiger partial charge on any atom is -1.00 e. The Hall–Kier alpha value is -4.56. The first-order valence-corrected chi connectivity index (χ1v) is 21.8. The van der Waals surface area contributed by atoms with Crippen molar-refractivity contribution in [3.63, 3.8) is 0 Å². The fourth-order valence-electron chi connectivity index (χ4n) is 5.98. The van der Waals surface area contributed by atoms with Crippen LogP contribution >= 0.6 is 21.6 Å². The van der Waals surface area contributed by atoms with Crippen LogP contribution in [-0.2, 0) is 22.7 Å². The number of halogens is 2. The van der Waals surface area contributed by atoms with Crippen molar-refractivity contribution >= 4 is 57.6 Å². The van der Waals surface area contributed by atoms with Gasteiger partial charge in [-0.05, 0) is 29.7 Å². The summed E-state index contributed by atoms with van der Waals surface area (Å²) in [6, 6.07) is 15.5. The van der Waals surface area contributed by atoms with E-state index in [1.165, 1.54) is 0 Å². The molecular weight excluding hydrogens is 846 g/mol. The van der Waals surface area contributed by atoms with Gasteiger partial charge in [0.05, 0.1) is 53.8 Å². The quantitative estimate of drug-likeness (QED) is 0.0570. The largest absolute Gasteiger partial charge is 1.00 e. The van der Waals surface area contributed by atoms with Gasteiger partial charge in [-0.25, -0.2) is 9.13 Å². The van der Waals surface area contributed by atoms with Crippen LogP contribution in [0.3, 0.4) is 0 Å². The number of Topliss-reactive ketones (excluding diaryl/α,β-unsaturated/α-hetero) is 1. The average Bonchev–Trinajstić information content (AvgIpc) is 3.25. The number of ketones is 1. The van der Waals surface area contributed by atoms with Crippen molar-refractivity contribution in [1.82, 2.24) is 5.32 Å². The van der Waals surface area contributed by atoms with Crippen LogP contribution < -0.4 is 67.7 Å². The number of carbonyl (C=O) groups excluding carboxylic acids is 2. The Labute approximate surface area is 375 Å². The number of rotatable bonds is 26. The molecule has 1 N–H and O–H groups in total. The summed E-state index contributed by atoms with van der Waals surface area (Å²) in [6.07, 6.45) is 20.1. The van der Waals surface area contributed by atoms with E-state index in [2.05, 4.69) is 14.5 Å².